The van der Waals surface area contributed by atoms with E-state index in [9.17, 15) is 4.79 Å². The highest BCUT2D eigenvalue weighted by Crippen LogP contribution is 2.23. The molecule has 4 nitrogen and oxygen atoms in total. The van der Waals surface area contributed by atoms with Gasteiger partial charge in [0.2, 0.25) is 0 Å². The molecule has 0 bridgehead atoms. The van der Waals surface area contributed by atoms with Crippen molar-refractivity contribution < 1.29 is 9.90 Å². The second-order valence-corrected chi connectivity index (χ2v) is 5.06. The molecule has 1 amide bonds. The quantitative estimate of drug-likeness (QED) is 0.769. The van der Waals surface area contributed by atoms with Gasteiger partial charge >= 0.3 is 0 Å². The number of aliphatic hydroxyl groups excluding tert-OH is 1. The maximum atomic E-state index is 12.3. The number of pyridine rings is 1. The molecule has 0 radical (unpaired) electrons. The molecule has 1 aliphatic heterocycles. The number of hydrogen-bond donors (Lipinski definition) is 1. The lowest BCUT2D eigenvalue weighted by atomic mass is 10.0. The summed E-state index contributed by atoms with van der Waals surface area (Å²) >= 11 is 0. The SMILES string of the molecule is CC1CN(C(=O)c2ccc(C#CCO)cn2)CC1C. The highest BCUT2D eigenvalue weighted by Gasteiger charge is 2.30. The van der Waals surface area contributed by atoms with E-state index in [0.29, 0.717) is 23.1 Å². The largest absolute Gasteiger partial charge is 0.384 e. The molecule has 1 fully saturated rings. The Morgan fingerprint density at radius 2 is 2.11 bits per heavy atom. The van der Waals surface area contributed by atoms with E-state index < -0.39 is 0 Å². The number of rotatable bonds is 1. The number of carbonyl (C=O) groups excluding carboxylic acids is 1. The third-order valence-electron chi connectivity index (χ3n) is 3.57. The second-order valence-electron chi connectivity index (χ2n) is 5.06. The molecule has 0 aliphatic carbocycles. The molecule has 1 aromatic heterocycles. The third kappa shape index (κ3) is 3.12. The summed E-state index contributed by atoms with van der Waals surface area (Å²) in [5, 5.41) is 8.61. The van der Waals surface area contributed by atoms with Gasteiger partial charge in [0.1, 0.15) is 12.3 Å². The van der Waals surface area contributed by atoms with Crippen molar-refractivity contribution in [2.75, 3.05) is 19.7 Å². The zero-order valence-corrected chi connectivity index (χ0v) is 11.3. The van der Waals surface area contributed by atoms with E-state index in [-0.39, 0.29) is 12.5 Å². The van der Waals surface area contributed by atoms with Crippen LogP contribution in [0.5, 0.6) is 0 Å². The van der Waals surface area contributed by atoms with Crippen LogP contribution in [0.25, 0.3) is 0 Å². The number of carbonyl (C=O) groups is 1. The van der Waals surface area contributed by atoms with E-state index in [1.54, 1.807) is 18.3 Å². The van der Waals surface area contributed by atoms with Crippen molar-refractivity contribution in [2.24, 2.45) is 11.8 Å². The lowest BCUT2D eigenvalue weighted by Crippen LogP contribution is -2.29. The molecule has 4 heteroatoms. The number of nitrogens with zero attached hydrogens (tertiary/aromatic N) is 2. The maximum Gasteiger partial charge on any atom is 0.272 e. The van der Waals surface area contributed by atoms with Gasteiger partial charge in [0.05, 0.1) is 0 Å². The molecular weight excluding hydrogens is 240 g/mol. The Labute approximate surface area is 113 Å². The first-order chi connectivity index (χ1) is 9.11. The Balaban J connectivity index is 2.08. The molecule has 2 unspecified atom stereocenters. The van der Waals surface area contributed by atoms with Crippen molar-refractivity contribution in [1.82, 2.24) is 9.88 Å². The van der Waals surface area contributed by atoms with Gasteiger partial charge in [-0.1, -0.05) is 25.7 Å². The lowest BCUT2D eigenvalue weighted by molar-refractivity contribution is 0.0779. The Hall–Kier alpha value is -1.86. The van der Waals surface area contributed by atoms with Crippen LogP contribution in [0.15, 0.2) is 18.3 Å². The number of likely N-dealkylation sites (tertiary alicyclic amines) is 1. The van der Waals surface area contributed by atoms with Crippen LogP contribution in [0, 0.1) is 23.7 Å². The van der Waals surface area contributed by atoms with Crippen molar-refractivity contribution in [3.05, 3.63) is 29.6 Å². The molecule has 2 rings (SSSR count). The molecular formula is C15H18N2O2. The average molecular weight is 258 g/mol. The highest BCUT2D eigenvalue weighted by molar-refractivity contribution is 5.92. The van der Waals surface area contributed by atoms with Gasteiger partial charge in [0.15, 0.2) is 0 Å². The van der Waals surface area contributed by atoms with Gasteiger partial charge in [-0.25, -0.2) is 4.98 Å². The van der Waals surface area contributed by atoms with Crippen molar-refractivity contribution in [1.29, 1.82) is 0 Å². The van der Waals surface area contributed by atoms with Crippen LogP contribution >= 0.6 is 0 Å². The molecule has 2 heterocycles. The minimum Gasteiger partial charge on any atom is -0.384 e. The van der Waals surface area contributed by atoms with Crippen LogP contribution in [0.2, 0.25) is 0 Å². The van der Waals surface area contributed by atoms with Crippen molar-refractivity contribution >= 4 is 5.91 Å². The van der Waals surface area contributed by atoms with Crippen molar-refractivity contribution in [3.63, 3.8) is 0 Å². The normalized spacial score (nSPS) is 21.9. The number of aromatic nitrogens is 1. The Morgan fingerprint density at radius 3 is 2.63 bits per heavy atom. The van der Waals surface area contributed by atoms with E-state index in [2.05, 4.69) is 30.7 Å². The molecule has 1 aromatic rings. The van der Waals surface area contributed by atoms with Gasteiger partial charge in [0.25, 0.3) is 5.91 Å². The van der Waals surface area contributed by atoms with Crippen molar-refractivity contribution in [2.45, 2.75) is 13.8 Å². The summed E-state index contributed by atoms with van der Waals surface area (Å²) in [7, 11) is 0. The fourth-order valence-corrected chi connectivity index (χ4v) is 2.19. The Morgan fingerprint density at radius 1 is 1.42 bits per heavy atom. The van der Waals surface area contributed by atoms with Gasteiger partial charge < -0.3 is 10.0 Å². The zero-order chi connectivity index (χ0) is 13.8. The predicted octanol–water partition coefficient (Wildman–Crippen LogP) is 1.15. The lowest BCUT2D eigenvalue weighted by Gasteiger charge is -2.15. The molecule has 1 saturated heterocycles. The van der Waals surface area contributed by atoms with Gasteiger partial charge in [-0.15, -0.1) is 0 Å². The number of amides is 1. The Bertz CT molecular complexity index is 503. The average Bonchev–Trinajstić information content (AvgIpc) is 2.76. The number of hydrogen-bond acceptors (Lipinski definition) is 3. The minimum absolute atomic E-state index is 0.0159. The zero-order valence-electron chi connectivity index (χ0n) is 11.3. The summed E-state index contributed by atoms with van der Waals surface area (Å²) in [5.74, 6) is 6.37. The summed E-state index contributed by atoms with van der Waals surface area (Å²) in [6.45, 7) is 5.75. The van der Waals surface area contributed by atoms with E-state index in [1.165, 1.54) is 0 Å². The van der Waals surface area contributed by atoms with E-state index in [1.807, 2.05) is 4.90 Å². The van der Waals surface area contributed by atoms with Crippen LogP contribution in [-0.4, -0.2) is 40.6 Å². The topological polar surface area (TPSA) is 53.4 Å². The van der Waals surface area contributed by atoms with Crippen molar-refractivity contribution in [3.8, 4) is 11.8 Å². The molecule has 100 valence electrons. The summed E-state index contributed by atoms with van der Waals surface area (Å²) in [6.07, 6.45) is 1.57. The first kappa shape index (κ1) is 13.6. The summed E-state index contributed by atoms with van der Waals surface area (Å²) in [6, 6.07) is 3.45. The monoisotopic (exact) mass is 258 g/mol. The Kier molecular flexibility index (Phi) is 4.18. The first-order valence-electron chi connectivity index (χ1n) is 6.47. The van der Waals surface area contributed by atoms with Crippen LogP contribution < -0.4 is 0 Å². The summed E-state index contributed by atoms with van der Waals surface area (Å²) < 4.78 is 0. The fourth-order valence-electron chi connectivity index (χ4n) is 2.19. The molecule has 0 saturated carbocycles. The summed E-state index contributed by atoms with van der Waals surface area (Å²) in [5.41, 5.74) is 1.16. The molecule has 1 aliphatic rings. The van der Waals surface area contributed by atoms with Gasteiger partial charge in [-0.05, 0) is 24.0 Å². The van der Waals surface area contributed by atoms with E-state index >= 15 is 0 Å². The third-order valence-corrected chi connectivity index (χ3v) is 3.57. The van der Waals surface area contributed by atoms with E-state index in [4.69, 9.17) is 5.11 Å². The van der Waals surface area contributed by atoms with Crippen LogP contribution in [0.1, 0.15) is 29.9 Å². The standard InChI is InChI=1S/C15H18N2O2/c1-11-9-17(10-12(11)2)15(19)14-6-5-13(8-16-14)4-3-7-18/h5-6,8,11-12,18H,7,9-10H2,1-2H3. The van der Waals surface area contributed by atoms with Crippen LogP contribution in [0.4, 0.5) is 0 Å². The molecule has 2 atom stereocenters. The van der Waals surface area contributed by atoms with Gasteiger partial charge in [0, 0.05) is 24.8 Å². The number of aliphatic hydroxyl groups is 1. The van der Waals surface area contributed by atoms with Gasteiger partial charge in [-0.2, -0.15) is 0 Å². The fraction of sp³-hybridized carbons (Fsp3) is 0.467. The smallest absolute Gasteiger partial charge is 0.272 e. The summed E-state index contributed by atoms with van der Waals surface area (Å²) in [4.78, 5) is 18.3. The van der Waals surface area contributed by atoms with Crippen LogP contribution in [0.3, 0.4) is 0 Å². The van der Waals surface area contributed by atoms with Gasteiger partial charge in [-0.3, -0.25) is 4.79 Å². The van der Waals surface area contributed by atoms with E-state index in [0.717, 1.165) is 13.1 Å². The molecule has 0 spiro atoms. The molecule has 0 aromatic carbocycles. The predicted molar refractivity (Wildman–Crippen MR) is 72.4 cm³/mol. The highest BCUT2D eigenvalue weighted by atomic mass is 16.2. The second kappa shape index (κ2) is 5.85. The minimum atomic E-state index is -0.176. The molecule has 1 N–H and O–H groups in total. The first-order valence-corrected chi connectivity index (χ1v) is 6.47. The molecule has 19 heavy (non-hydrogen) atoms. The maximum absolute atomic E-state index is 12.3. The van der Waals surface area contributed by atoms with Crippen LogP contribution in [-0.2, 0) is 0 Å².